The highest BCUT2D eigenvalue weighted by Crippen LogP contribution is 1.95. The number of rotatable bonds is 0. The van der Waals surface area contributed by atoms with Crippen LogP contribution in [0.5, 0.6) is 0 Å². The van der Waals surface area contributed by atoms with Crippen LogP contribution in [0.4, 0.5) is 11.9 Å². The molecule has 0 aliphatic rings. The molecule has 6 nitrogen and oxygen atoms in total. The van der Waals surface area contributed by atoms with Gasteiger partial charge in [-0.1, -0.05) is 0 Å². The van der Waals surface area contributed by atoms with Crippen LogP contribution in [0, 0.1) is 0 Å². The van der Waals surface area contributed by atoms with Gasteiger partial charge >= 0.3 is 0 Å². The quantitative estimate of drug-likeness (QED) is 0.493. The Morgan fingerprint density at radius 1 is 1.40 bits per heavy atom. The summed E-state index contributed by atoms with van der Waals surface area (Å²) in [6.45, 7) is 0. The molecule has 1 heterocycles. The summed E-state index contributed by atoms with van der Waals surface area (Å²) in [7, 11) is 1.68. The van der Waals surface area contributed by atoms with Crippen LogP contribution in [0.1, 0.15) is 0 Å². The van der Waals surface area contributed by atoms with Crippen LogP contribution in [0.15, 0.2) is 0 Å². The van der Waals surface area contributed by atoms with Crippen molar-refractivity contribution in [2.75, 3.05) is 11.5 Å². The van der Waals surface area contributed by atoms with Gasteiger partial charge in [0.1, 0.15) is 0 Å². The number of hydrogen-bond donors (Lipinski definition) is 2. The molecule has 0 bridgehead atoms. The number of aryl methyl sites for hydroxylation is 1. The van der Waals surface area contributed by atoms with Gasteiger partial charge in [-0.05, 0) is 0 Å². The molecule has 0 atom stereocenters. The molecule has 0 saturated heterocycles. The minimum Gasteiger partial charge on any atom is -0.412 e. The Morgan fingerprint density at radius 3 is 2.00 bits per heavy atom. The predicted molar refractivity (Wildman–Crippen MR) is 40.7 cm³/mol. The smallest absolute Gasteiger partial charge is 0.241 e. The number of nitrogens with two attached hydrogens (primary N) is 2. The first kappa shape index (κ1) is 11.7. The molecule has 0 aliphatic heterocycles. The number of nitrogen functional groups attached to an aromatic ring is 2. The highest BCUT2D eigenvalue weighted by molar-refractivity contribution is 5.85. The Balaban J connectivity index is 0. The molecule has 1 aromatic heterocycles. The maximum Gasteiger partial charge on any atom is 0.241 e. The molecule has 0 radical (unpaired) electrons. The minimum absolute atomic E-state index is 0. The van der Waals surface area contributed by atoms with Crippen LogP contribution in [0.25, 0.3) is 0 Å². The standard InChI is InChI=1S/C3H7N5.ClH.H2O/c1-8-3(5)6-2(4)7-8;;/h1H3,(H4,4,5,6,7);1H;1H2. The van der Waals surface area contributed by atoms with Gasteiger partial charge in [-0.2, -0.15) is 4.98 Å². The van der Waals surface area contributed by atoms with E-state index in [0.29, 0.717) is 5.95 Å². The molecule has 0 amide bonds. The van der Waals surface area contributed by atoms with Gasteiger partial charge in [0.2, 0.25) is 11.9 Å². The lowest BCUT2D eigenvalue weighted by atomic mass is 11.0. The van der Waals surface area contributed by atoms with Crippen molar-refractivity contribution in [2.45, 2.75) is 0 Å². The van der Waals surface area contributed by atoms with Crippen molar-refractivity contribution >= 4 is 24.3 Å². The van der Waals surface area contributed by atoms with Gasteiger partial charge in [0.05, 0.1) is 0 Å². The number of nitrogens with zero attached hydrogens (tertiary/aromatic N) is 3. The second-order valence-electron chi connectivity index (χ2n) is 1.45. The Kier molecular flexibility index (Phi) is 4.59. The van der Waals surface area contributed by atoms with Gasteiger partial charge in [-0.25, -0.2) is 4.68 Å². The zero-order valence-electron chi connectivity index (χ0n) is 5.40. The fourth-order valence-electron chi connectivity index (χ4n) is 0.417. The van der Waals surface area contributed by atoms with Crippen LogP contribution in [-0.4, -0.2) is 20.2 Å². The fraction of sp³-hybridized carbons (Fsp3) is 0.333. The van der Waals surface area contributed by atoms with Crippen molar-refractivity contribution in [1.82, 2.24) is 14.8 Å². The van der Waals surface area contributed by atoms with Gasteiger partial charge in [0.15, 0.2) is 0 Å². The van der Waals surface area contributed by atoms with Crippen molar-refractivity contribution in [3.8, 4) is 0 Å². The van der Waals surface area contributed by atoms with E-state index in [0.717, 1.165) is 0 Å². The van der Waals surface area contributed by atoms with E-state index in [1.165, 1.54) is 4.68 Å². The van der Waals surface area contributed by atoms with E-state index in [2.05, 4.69) is 10.1 Å². The van der Waals surface area contributed by atoms with E-state index < -0.39 is 0 Å². The predicted octanol–water partition coefficient (Wildman–Crippen LogP) is -1.42. The molecular formula is C3H10ClN5O. The van der Waals surface area contributed by atoms with Crippen LogP contribution >= 0.6 is 12.4 Å². The summed E-state index contributed by atoms with van der Waals surface area (Å²) in [6.07, 6.45) is 0. The maximum atomic E-state index is 5.25. The topological polar surface area (TPSA) is 114 Å². The third kappa shape index (κ3) is 2.08. The molecule has 0 unspecified atom stereocenters. The first-order valence-corrected chi connectivity index (χ1v) is 2.12. The molecule has 0 aliphatic carbocycles. The normalized spacial score (nSPS) is 7.70. The van der Waals surface area contributed by atoms with Crippen molar-refractivity contribution < 1.29 is 5.48 Å². The molecule has 60 valence electrons. The molecule has 7 heteroatoms. The van der Waals surface area contributed by atoms with E-state index in [1.807, 2.05) is 0 Å². The molecule has 6 N–H and O–H groups in total. The zero-order valence-corrected chi connectivity index (χ0v) is 6.22. The summed E-state index contributed by atoms with van der Waals surface area (Å²) in [5.41, 5.74) is 10.4. The highest BCUT2D eigenvalue weighted by atomic mass is 35.5. The van der Waals surface area contributed by atoms with Crippen LogP contribution in [0.2, 0.25) is 0 Å². The Hall–Kier alpha value is -1.01. The summed E-state index contributed by atoms with van der Waals surface area (Å²) in [5, 5.41) is 3.67. The van der Waals surface area contributed by atoms with E-state index in [-0.39, 0.29) is 23.8 Å². The van der Waals surface area contributed by atoms with E-state index in [4.69, 9.17) is 11.5 Å². The summed E-state index contributed by atoms with van der Waals surface area (Å²) >= 11 is 0. The van der Waals surface area contributed by atoms with Crippen LogP contribution < -0.4 is 11.5 Å². The number of aromatic nitrogens is 3. The third-order valence-electron chi connectivity index (χ3n) is 0.813. The lowest BCUT2D eigenvalue weighted by Crippen LogP contribution is -1.97. The third-order valence-corrected chi connectivity index (χ3v) is 0.813. The molecular weight excluding hydrogens is 158 g/mol. The maximum absolute atomic E-state index is 5.25. The first-order chi connectivity index (χ1) is 3.70. The van der Waals surface area contributed by atoms with E-state index in [1.54, 1.807) is 7.05 Å². The first-order valence-electron chi connectivity index (χ1n) is 2.12. The van der Waals surface area contributed by atoms with Crippen molar-refractivity contribution in [2.24, 2.45) is 7.05 Å². The number of anilines is 2. The highest BCUT2D eigenvalue weighted by Gasteiger charge is 1.95. The second kappa shape index (κ2) is 3.91. The van der Waals surface area contributed by atoms with Crippen molar-refractivity contribution in [3.05, 3.63) is 0 Å². The summed E-state index contributed by atoms with van der Waals surface area (Å²) in [5.74, 6) is 0.549. The van der Waals surface area contributed by atoms with Crippen LogP contribution in [-0.2, 0) is 7.05 Å². The molecule has 0 fully saturated rings. The molecule has 0 saturated carbocycles. The number of halogens is 1. The molecule has 1 aromatic rings. The Morgan fingerprint density at radius 2 is 1.90 bits per heavy atom. The van der Waals surface area contributed by atoms with Gasteiger partial charge in [0, 0.05) is 7.05 Å². The molecule has 0 spiro atoms. The molecule has 1 rings (SSSR count). The fourth-order valence-corrected chi connectivity index (χ4v) is 0.417. The lowest BCUT2D eigenvalue weighted by Gasteiger charge is -1.84. The van der Waals surface area contributed by atoms with Gasteiger partial charge in [0.25, 0.3) is 0 Å². The molecule has 10 heavy (non-hydrogen) atoms. The van der Waals surface area contributed by atoms with E-state index >= 15 is 0 Å². The Labute approximate surface area is 63.9 Å². The van der Waals surface area contributed by atoms with Gasteiger partial charge in [-0.3, -0.25) is 0 Å². The lowest BCUT2D eigenvalue weighted by molar-refractivity contribution is 0.782. The van der Waals surface area contributed by atoms with Crippen molar-refractivity contribution in [3.63, 3.8) is 0 Å². The average molecular weight is 168 g/mol. The largest absolute Gasteiger partial charge is 0.412 e. The summed E-state index contributed by atoms with van der Waals surface area (Å²) in [4.78, 5) is 3.62. The zero-order chi connectivity index (χ0) is 6.15. The minimum atomic E-state index is 0. The summed E-state index contributed by atoms with van der Waals surface area (Å²) in [6, 6.07) is 0. The second-order valence-corrected chi connectivity index (χ2v) is 1.45. The number of hydrogen-bond acceptors (Lipinski definition) is 4. The average Bonchev–Trinajstić information content (AvgIpc) is 1.85. The molecule has 0 aromatic carbocycles. The SMILES string of the molecule is Cl.Cn1nc(N)nc1N.O. The summed E-state index contributed by atoms with van der Waals surface area (Å²) < 4.78 is 1.41. The Bertz CT molecular complexity index is 179. The monoisotopic (exact) mass is 167 g/mol. The van der Waals surface area contributed by atoms with Gasteiger partial charge in [-0.15, -0.1) is 17.5 Å². The van der Waals surface area contributed by atoms with Crippen molar-refractivity contribution in [1.29, 1.82) is 0 Å². The van der Waals surface area contributed by atoms with Crippen LogP contribution in [0.3, 0.4) is 0 Å². The van der Waals surface area contributed by atoms with Gasteiger partial charge < -0.3 is 16.9 Å². The van der Waals surface area contributed by atoms with E-state index in [9.17, 15) is 0 Å².